The van der Waals surface area contributed by atoms with E-state index in [0.717, 1.165) is 17.5 Å². The fraction of sp³-hybridized carbons (Fsp3) is 0.385. The predicted octanol–water partition coefficient (Wildman–Crippen LogP) is 2.49. The smallest absolute Gasteiger partial charge is 0.202 e. The lowest BCUT2D eigenvalue weighted by molar-refractivity contribution is 0.972. The number of anilines is 1. The van der Waals surface area contributed by atoms with Crippen LogP contribution in [0.3, 0.4) is 0 Å². The summed E-state index contributed by atoms with van der Waals surface area (Å²) >= 11 is 1.45. The van der Waals surface area contributed by atoms with Crippen molar-refractivity contribution in [1.82, 2.24) is 9.36 Å². The second-order valence-corrected chi connectivity index (χ2v) is 5.31. The van der Waals surface area contributed by atoms with Crippen LogP contribution in [0.5, 0.6) is 0 Å². The number of aromatic nitrogens is 2. The summed E-state index contributed by atoms with van der Waals surface area (Å²) in [5, 5.41) is 4.23. The molecule has 1 saturated carbocycles. The zero-order valence-electron chi connectivity index (χ0n) is 10.1. The first-order chi connectivity index (χ1) is 8.86. The molecule has 1 fully saturated rings. The molecule has 0 spiro atoms. The third-order valence-corrected chi connectivity index (χ3v) is 3.84. The molecule has 0 amide bonds. The minimum atomic E-state index is 0.571. The van der Waals surface area contributed by atoms with E-state index in [4.69, 9.17) is 5.73 Å². The Labute approximate surface area is 110 Å². The van der Waals surface area contributed by atoms with E-state index >= 15 is 0 Å². The fourth-order valence-corrected chi connectivity index (χ4v) is 2.55. The Kier molecular flexibility index (Phi) is 3.25. The van der Waals surface area contributed by atoms with Crippen LogP contribution in [0.4, 0.5) is 5.13 Å². The van der Waals surface area contributed by atoms with Crippen LogP contribution in [-0.4, -0.2) is 9.36 Å². The highest BCUT2D eigenvalue weighted by atomic mass is 32.1. The Bertz CT molecular complexity index is 533. The molecule has 0 unspecified atom stereocenters. The maximum atomic E-state index is 5.72. The average Bonchev–Trinajstić information content (AvgIpc) is 3.16. The lowest BCUT2D eigenvalue weighted by Gasteiger charge is -2.07. The topological polar surface area (TPSA) is 63.8 Å². The summed E-state index contributed by atoms with van der Waals surface area (Å²) in [5.74, 6) is 1.63. The van der Waals surface area contributed by atoms with E-state index in [-0.39, 0.29) is 0 Å². The van der Waals surface area contributed by atoms with Crippen LogP contribution in [0.1, 0.15) is 35.7 Å². The van der Waals surface area contributed by atoms with Crippen molar-refractivity contribution in [2.75, 3.05) is 5.32 Å². The Morgan fingerprint density at radius 3 is 2.78 bits per heavy atom. The average molecular weight is 260 g/mol. The number of nitrogens with zero attached hydrogens (tertiary/aromatic N) is 2. The predicted molar refractivity (Wildman–Crippen MR) is 73.5 cm³/mol. The van der Waals surface area contributed by atoms with Gasteiger partial charge in [0.15, 0.2) is 0 Å². The van der Waals surface area contributed by atoms with Gasteiger partial charge in [0.25, 0.3) is 0 Å². The summed E-state index contributed by atoms with van der Waals surface area (Å²) in [4.78, 5) is 4.51. The molecule has 4 nitrogen and oxygen atoms in total. The van der Waals surface area contributed by atoms with Gasteiger partial charge in [0.2, 0.25) is 5.13 Å². The first kappa shape index (κ1) is 11.6. The second-order valence-electron chi connectivity index (χ2n) is 4.56. The van der Waals surface area contributed by atoms with Gasteiger partial charge >= 0.3 is 0 Å². The summed E-state index contributed by atoms with van der Waals surface area (Å²) in [6.45, 7) is 1.33. The fourth-order valence-electron chi connectivity index (χ4n) is 1.91. The first-order valence-electron chi connectivity index (χ1n) is 6.21. The van der Waals surface area contributed by atoms with Crippen LogP contribution in [0, 0.1) is 0 Å². The van der Waals surface area contributed by atoms with Crippen LogP contribution in [-0.2, 0) is 13.1 Å². The number of hydrogen-bond donors (Lipinski definition) is 2. The molecular formula is C13H16N4S. The Morgan fingerprint density at radius 1 is 1.28 bits per heavy atom. The van der Waals surface area contributed by atoms with Gasteiger partial charge in [-0.05, 0) is 24.0 Å². The number of nitrogens with one attached hydrogen (secondary N) is 1. The zero-order chi connectivity index (χ0) is 12.4. The number of hydrogen-bond acceptors (Lipinski definition) is 5. The minimum absolute atomic E-state index is 0.571. The monoisotopic (exact) mass is 260 g/mol. The van der Waals surface area contributed by atoms with E-state index in [0.29, 0.717) is 12.5 Å². The summed E-state index contributed by atoms with van der Waals surface area (Å²) in [5.41, 5.74) is 8.12. The summed E-state index contributed by atoms with van der Waals surface area (Å²) in [7, 11) is 0. The Morgan fingerprint density at radius 2 is 2.06 bits per heavy atom. The lowest BCUT2D eigenvalue weighted by atomic mass is 10.1. The van der Waals surface area contributed by atoms with Crippen LogP contribution in [0.25, 0.3) is 0 Å². The molecule has 18 heavy (non-hydrogen) atoms. The minimum Gasteiger partial charge on any atom is -0.356 e. The highest BCUT2D eigenvalue weighted by Crippen LogP contribution is 2.39. The molecule has 0 radical (unpaired) electrons. The molecule has 5 heteroatoms. The van der Waals surface area contributed by atoms with E-state index in [2.05, 4.69) is 26.8 Å². The molecule has 3 rings (SSSR count). The van der Waals surface area contributed by atoms with E-state index in [1.165, 1.54) is 35.5 Å². The highest BCUT2D eigenvalue weighted by molar-refractivity contribution is 7.09. The van der Waals surface area contributed by atoms with Gasteiger partial charge in [-0.1, -0.05) is 24.3 Å². The Balaban J connectivity index is 1.65. The maximum absolute atomic E-state index is 5.72. The SMILES string of the molecule is NCc1ccccc1CNc1nc(C2CC2)ns1. The number of benzene rings is 1. The van der Waals surface area contributed by atoms with Crippen molar-refractivity contribution in [1.29, 1.82) is 0 Å². The molecule has 1 aliphatic carbocycles. The molecule has 0 bridgehead atoms. The van der Waals surface area contributed by atoms with Crippen molar-refractivity contribution in [2.45, 2.75) is 31.8 Å². The van der Waals surface area contributed by atoms with E-state index < -0.39 is 0 Å². The Hall–Kier alpha value is -1.46. The zero-order valence-corrected chi connectivity index (χ0v) is 10.9. The quantitative estimate of drug-likeness (QED) is 0.867. The molecule has 0 aliphatic heterocycles. The van der Waals surface area contributed by atoms with Crippen LogP contribution in [0.15, 0.2) is 24.3 Å². The van der Waals surface area contributed by atoms with Crippen LogP contribution >= 0.6 is 11.5 Å². The number of nitrogens with two attached hydrogens (primary N) is 1. The van der Waals surface area contributed by atoms with Gasteiger partial charge in [0.1, 0.15) is 5.82 Å². The molecular weight excluding hydrogens is 244 g/mol. The van der Waals surface area contributed by atoms with Crippen molar-refractivity contribution in [3.05, 3.63) is 41.2 Å². The van der Waals surface area contributed by atoms with E-state index in [1.54, 1.807) is 0 Å². The molecule has 1 aromatic carbocycles. The van der Waals surface area contributed by atoms with Crippen molar-refractivity contribution in [3.8, 4) is 0 Å². The van der Waals surface area contributed by atoms with Gasteiger partial charge in [-0.25, -0.2) is 4.98 Å². The molecule has 0 atom stereocenters. The van der Waals surface area contributed by atoms with Crippen molar-refractivity contribution < 1.29 is 0 Å². The highest BCUT2D eigenvalue weighted by Gasteiger charge is 2.27. The van der Waals surface area contributed by atoms with Gasteiger partial charge in [-0.3, -0.25) is 0 Å². The molecule has 1 heterocycles. The van der Waals surface area contributed by atoms with Crippen LogP contribution < -0.4 is 11.1 Å². The molecule has 0 saturated heterocycles. The summed E-state index contributed by atoms with van der Waals surface area (Å²) < 4.78 is 4.38. The molecule has 2 aromatic rings. The van der Waals surface area contributed by atoms with Crippen molar-refractivity contribution in [3.63, 3.8) is 0 Å². The van der Waals surface area contributed by atoms with Gasteiger partial charge in [0, 0.05) is 30.5 Å². The third-order valence-electron chi connectivity index (χ3n) is 3.15. The number of rotatable bonds is 5. The maximum Gasteiger partial charge on any atom is 0.202 e. The van der Waals surface area contributed by atoms with E-state index in [1.807, 2.05) is 12.1 Å². The molecule has 3 N–H and O–H groups in total. The third kappa shape index (κ3) is 2.52. The largest absolute Gasteiger partial charge is 0.356 e. The van der Waals surface area contributed by atoms with E-state index in [9.17, 15) is 0 Å². The molecule has 1 aliphatic rings. The summed E-state index contributed by atoms with van der Waals surface area (Å²) in [6.07, 6.45) is 2.48. The molecule has 1 aromatic heterocycles. The lowest BCUT2D eigenvalue weighted by Crippen LogP contribution is -2.06. The normalized spacial score (nSPS) is 14.7. The summed E-state index contributed by atoms with van der Waals surface area (Å²) in [6, 6.07) is 8.21. The van der Waals surface area contributed by atoms with Crippen LogP contribution in [0.2, 0.25) is 0 Å². The molecule has 94 valence electrons. The van der Waals surface area contributed by atoms with Gasteiger partial charge < -0.3 is 11.1 Å². The standard InChI is InChI=1S/C13H16N4S/c14-7-10-3-1-2-4-11(10)8-15-13-16-12(17-18-13)9-5-6-9/h1-4,9H,5-8,14H2,(H,15,16,17). The van der Waals surface area contributed by atoms with Crippen molar-refractivity contribution in [2.24, 2.45) is 5.73 Å². The second kappa shape index (κ2) is 5.04. The van der Waals surface area contributed by atoms with Gasteiger partial charge in [-0.15, -0.1) is 0 Å². The van der Waals surface area contributed by atoms with Gasteiger partial charge in [0.05, 0.1) is 0 Å². The van der Waals surface area contributed by atoms with Gasteiger partial charge in [-0.2, -0.15) is 4.37 Å². The first-order valence-corrected chi connectivity index (χ1v) is 6.98. The van der Waals surface area contributed by atoms with Crippen molar-refractivity contribution >= 4 is 16.7 Å².